The van der Waals surface area contributed by atoms with Gasteiger partial charge in [0.25, 0.3) is 0 Å². The van der Waals surface area contributed by atoms with E-state index in [9.17, 15) is 0 Å². The molecular weight excluding hydrogens is 316 g/mol. The first-order chi connectivity index (χ1) is 11.7. The molecule has 1 aliphatic heterocycles. The quantitative estimate of drug-likeness (QED) is 0.725. The van der Waals surface area contributed by atoms with Crippen LogP contribution >= 0.6 is 11.3 Å². The van der Waals surface area contributed by atoms with Gasteiger partial charge in [-0.15, -0.1) is 11.3 Å². The van der Waals surface area contributed by atoms with Crippen LogP contribution in [-0.4, -0.2) is 41.0 Å². The molecule has 0 N–H and O–H groups in total. The Morgan fingerprint density at radius 3 is 2.62 bits per heavy atom. The van der Waals surface area contributed by atoms with Gasteiger partial charge in [0.15, 0.2) is 0 Å². The van der Waals surface area contributed by atoms with Gasteiger partial charge < -0.3 is 4.90 Å². The van der Waals surface area contributed by atoms with Crippen molar-refractivity contribution < 1.29 is 0 Å². The largest absolute Gasteiger partial charge is 0.354 e. The Balaban J connectivity index is 1.43. The summed E-state index contributed by atoms with van der Waals surface area (Å²) in [5.74, 6) is 1.09. The Bertz CT molecular complexity index is 819. The van der Waals surface area contributed by atoms with Crippen LogP contribution in [0.1, 0.15) is 24.1 Å². The van der Waals surface area contributed by atoms with Crippen molar-refractivity contribution in [1.82, 2.24) is 14.9 Å². The molecule has 1 atom stereocenters. The van der Waals surface area contributed by atoms with Crippen molar-refractivity contribution in [2.24, 2.45) is 0 Å². The van der Waals surface area contributed by atoms with E-state index in [0.717, 1.165) is 37.5 Å². The Kier molecular flexibility index (Phi) is 4.21. The second kappa shape index (κ2) is 6.49. The number of anilines is 1. The Labute approximate surface area is 146 Å². The minimum Gasteiger partial charge on any atom is -0.354 e. The van der Waals surface area contributed by atoms with E-state index in [2.05, 4.69) is 63.9 Å². The third-order valence-corrected chi connectivity index (χ3v) is 5.73. The molecule has 3 heterocycles. The summed E-state index contributed by atoms with van der Waals surface area (Å²) >= 11 is 1.70. The number of thiazole rings is 1. The summed E-state index contributed by atoms with van der Waals surface area (Å²) in [4.78, 5) is 13.9. The van der Waals surface area contributed by atoms with Crippen LogP contribution in [0.2, 0.25) is 0 Å². The number of aromatic nitrogens is 2. The van der Waals surface area contributed by atoms with Crippen molar-refractivity contribution in [1.29, 1.82) is 0 Å². The molecule has 2 aromatic heterocycles. The summed E-state index contributed by atoms with van der Waals surface area (Å²) in [5, 5.41) is 0. The predicted octanol–water partition coefficient (Wildman–Crippen LogP) is 3.88. The fourth-order valence-corrected chi connectivity index (χ4v) is 3.99. The third kappa shape index (κ3) is 3.01. The van der Waals surface area contributed by atoms with Crippen LogP contribution in [0.3, 0.4) is 0 Å². The van der Waals surface area contributed by atoms with Crippen molar-refractivity contribution in [3.05, 3.63) is 53.2 Å². The number of piperazine rings is 1. The number of aryl methyl sites for hydroxylation is 1. The van der Waals surface area contributed by atoms with Crippen LogP contribution in [0.25, 0.3) is 10.2 Å². The zero-order chi connectivity index (χ0) is 16.5. The highest BCUT2D eigenvalue weighted by Crippen LogP contribution is 2.27. The summed E-state index contributed by atoms with van der Waals surface area (Å²) in [7, 11) is 0. The maximum absolute atomic E-state index is 4.56. The van der Waals surface area contributed by atoms with E-state index >= 15 is 0 Å². The fraction of sp³-hybridized carbons (Fsp3) is 0.368. The molecule has 3 aromatic rings. The van der Waals surface area contributed by atoms with Gasteiger partial charge in [0.2, 0.25) is 0 Å². The summed E-state index contributed by atoms with van der Waals surface area (Å²) in [5.41, 5.74) is 5.61. The minimum absolute atomic E-state index is 0.421. The number of pyridine rings is 1. The predicted molar refractivity (Wildman–Crippen MR) is 101 cm³/mol. The van der Waals surface area contributed by atoms with E-state index in [0.29, 0.717) is 6.04 Å². The van der Waals surface area contributed by atoms with Crippen LogP contribution in [0.15, 0.2) is 42.0 Å². The molecule has 0 bridgehead atoms. The maximum Gasteiger partial charge on any atom is 0.128 e. The van der Waals surface area contributed by atoms with Crippen LogP contribution in [0.4, 0.5) is 5.82 Å². The summed E-state index contributed by atoms with van der Waals surface area (Å²) in [6, 6.07) is 11.4. The van der Waals surface area contributed by atoms with E-state index in [1.165, 1.54) is 15.8 Å². The summed E-state index contributed by atoms with van der Waals surface area (Å²) < 4.78 is 1.27. The van der Waals surface area contributed by atoms with Crippen LogP contribution in [-0.2, 0) is 0 Å². The molecular formula is C19H22N4S. The lowest BCUT2D eigenvalue weighted by Gasteiger charge is -2.38. The lowest BCUT2D eigenvalue weighted by molar-refractivity contribution is 0.198. The normalized spacial score (nSPS) is 17.3. The molecule has 0 aliphatic carbocycles. The standard InChI is InChI=1S/C19H22N4S/c1-14-3-6-19(20-12-14)23-9-7-22(8-10-23)15(2)16-4-5-18-17(11-16)21-13-24-18/h3-6,11-13,15H,7-10H2,1-2H3/t15-/m1/s1. The van der Waals surface area contributed by atoms with Gasteiger partial charge in [0.05, 0.1) is 15.7 Å². The second-order valence-corrected chi connectivity index (χ2v) is 7.36. The van der Waals surface area contributed by atoms with Crippen molar-refractivity contribution in [2.45, 2.75) is 19.9 Å². The van der Waals surface area contributed by atoms with E-state index < -0.39 is 0 Å². The number of rotatable bonds is 3. The third-order valence-electron chi connectivity index (χ3n) is 4.92. The summed E-state index contributed by atoms with van der Waals surface area (Å²) in [6.07, 6.45) is 1.95. The van der Waals surface area contributed by atoms with Crippen molar-refractivity contribution in [3.8, 4) is 0 Å². The molecule has 1 fully saturated rings. The lowest BCUT2D eigenvalue weighted by atomic mass is 10.1. The first kappa shape index (κ1) is 15.5. The average Bonchev–Trinajstić information content (AvgIpc) is 3.09. The molecule has 4 rings (SSSR count). The summed E-state index contributed by atoms with van der Waals surface area (Å²) in [6.45, 7) is 8.55. The maximum atomic E-state index is 4.56. The molecule has 0 unspecified atom stereocenters. The Morgan fingerprint density at radius 2 is 1.88 bits per heavy atom. The zero-order valence-electron chi connectivity index (χ0n) is 14.1. The molecule has 0 spiro atoms. The van der Waals surface area contributed by atoms with Gasteiger partial charge in [-0.2, -0.15) is 0 Å². The van der Waals surface area contributed by atoms with Crippen molar-refractivity contribution in [3.63, 3.8) is 0 Å². The number of benzene rings is 1. The van der Waals surface area contributed by atoms with Gasteiger partial charge in [-0.25, -0.2) is 9.97 Å². The van der Waals surface area contributed by atoms with E-state index in [4.69, 9.17) is 0 Å². The molecule has 1 saturated heterocycles. The SMILES string of the molecule is Cc1ccc(N2CCN([C@H](C)c3ccc4scnc4c3)CC2)nc1. The van der Waals surface area contributed by atoms with Crippen LogP contribution < -0.4 is 4.90 Å². The minimum atomic E-state index is 0.421. The first-order valence-corrected chi connectivity index (χ1v) is 9.33. The number of fused-ring (bicyclic) bond motifs is 1. The number of hydrogen-bond acceptors (Lipinski definition) is 5. The topological polar surface area (TPSA) is 32.3 Å². The van der Waals surface area contributed by atoms with E-state index in [-0.39, 0.29) is 0 Å². The molecule has 1 aromatic carbocycles. The molecule has 4 nitrogen and oxygen atoms in total. The fourth-order valence-electron chi connectivity index (χ4n) is 3.33. The highest BCUT2D eigenvalue weighted by atomic mass is 32.1. The smallest absolute Gasteiger partial charge is 0.128 e. The average molecular weight is 338 g/mol. The van der Waals surface area contributed by atoms with Crippen molar-refractivity contribution >= 4 is 27.4 Å². The van der Waals surface area contributed by atoms with E-state index in [1.807, 2.05) is 11.7 Å². The van der Waals surface area contributed by atoms with Crippen LogP contribution in [0.5, 0.6) is 0 Å². The van der Waals surface area contributed by atoms with Gasteiger partial charge >= 0.3 is 0 Å². The number of hydrogen-bond donors (Lipinski definition) is 0. The lowest BCUT2D eigenvalue weighted by Crippen LogP contribution is -2.47. The zero-order valence-corrected chi connectivity index (χ0v) is 15.0. The van der Waals surface area contributed by atoms with Gasteiger partial charge in [0.1, 0.15) is 5.82 Å². The van der Waals surface area contributed by atoms with E-state index in [1.54, 1.807) is 11.3 Å². The molecule has 124 valence electrons. The molecule has 0 amide bonds. The van der Waals surface area contributed by atoms with Gasteiger partial charge in [0, 0.05) is 38.4 Å². The van der Waals surface area contributed by atoms with Gasteiger partial charge in [-0.3, -0.25) is 4.90 Å². The molecule has 24 heavy (non-hydrogen) atoms. The highest BCUT2D eigenvalue weighted by molar-refractivity contribution is 7.16. The second-order valence-electron chi connectivity index (χ2n) is 6.47. The molecule has 0 radical (unpaired) electrons. The first-order valence-electron chi connectivity index (χ1n) is 8.45. The van der Waals surface area contributed by atoms with Gasteiger partial charge in [-0.1, -0.05) is 12.1 Å². The molecule has 0 saturated carbocycles. The monoisotopic (exact) mass is 338 g/mol. The van der Waals surface area contributed by atoms with Gasteiger partial charge in [-0.05, 0) is 43.2 Å². The molecule has 1 aliphatic rings. The van der Waals surface area contributed by atoms with Crippen molar-refractivity contribution in [2.75, 3.05) is 31.1 Å². The molecule has 5 heteroatoms. The number of nitrogens with zero attached hydrogens (tertiary/aromatic N) is 4. The highest BCUT2D eigenvalue weighted by Gasteiger charge is 2.23. The van der Waals surface area contributed by atoms with Crippen LogP contribution in [0, 0.1) is 6.92 Å². The Morgan fingerprint density at radius 1 is 1.04 bits per heavy atom. The Hall–Kier alpha value is -1.98.